The van der Waals surface area contributed by atoms with Crippen molar-refractivity contribution in [2.45, 2.75) is 11.7 Å². The van der Waals surface area contributed by atoms with E-state index in [1.165, 1.54) is 0 Å². The van der Waals surface area contributed by atoms with Crippen molar-refractivity contribution in [1.29, 1.82) is 0 Å². The van der Waals surface area contributed by atoms with E-state index in [2.05, 4.69) is 25.2 Å². The van der Waals surface area contributed by atoms with Crippen molar-refractivity contribution in [1.82, 2.24) is 29.9 Å². The third-order valence-corrected chi connectivity index (χ3v) is 5.13. The smallest absolute Gasteiger partial charge is 0.313 e. The fraction of sp³-hybridized carbons (Fsp3) is 0.412. The second-order valence-corrected chi connectivity index (χ2v) is 7.20. The molecule has 1 aliphatic heterocycles. The van der Waals surface area contributed by atoms with Crippen molar-refractivity contribution in [3.63, 3.8) is 0 Å². The average Bonchev–Trinajstić information content (AvgIpc) is 3.45. The largest absolute Gasteiger partial charge is 0.481 e. The number of nitrogens with one attached hydrogen (secondary N) is 1. The third kappa shape index (κ3) is 4.61. The van der Waals surface area contributed by atoms with E-state index in [9.17, 15) is 4.79 Å². The van der Waals surface area contributed by atoms with E-state index in [0.29, 0.717) is 22.5 Å². The van der Waals surface area contributed by atoms with Crippen LogP contribution in [0.25, 0.3) is 22.9 Å². The molecule has 0 saturated carbocycles. The molecule has 0 bridgehead atoms. The number of ether oxygens (including phenoxy) is 1. The summed E-state index contributed by atoms with van der Waals surface area (Å²) in [6.45, 7) is 5.23. The summed E-state index contributed by atoms with van der Waals surface area (Å²) in [5.41, 5.74) is 0.883. The number of carbonyl (C=O) groups is 1. The van der Waals surface area contributed by atoms with E-state index in [1.807, 2.05) is 16.9 Å². The molecule has 0 atom stereocenters. The summed E-state index contributed by atoms with van der Waals surface area (Å²) in [6, 6.07) is 3.65. The molecule has 28 heavy (non-hydrogen) atoms. The maximum Gasteiger partial charge on any atom is 0.313 e. The SMILES string of the molecule is O=C(O)CSc1n[nH]c(-c2ccc(-c3cnn(CCN4CCOCC4)c3)o2)n1. The topological polar surface area (TPSA) is 122 Å². The van der Waals surface area contributed by atoms with Crippen LogP contribution < -0.4 is 0 Å². The first kappa shape index (κ1) is 18.7. The Kier molecular flexibility index (Phi) is 5.74. The van der Waals surface area contributed by atoms with Gasteiger partial charge in [0, 0.05) is 25.8 Å². The molecule has 1 fully saturated rings. The van der Waals surface area contributed by atoms with E-state index in [-0.39, 0.29) is 5.75 Å². The lowest BCUT2D eigenvalue weighted by Gasteiger charge is -2.26. The Bertz CT molecular complexity index is 930. The minimum absolute atomic E-state index is 0.0929. The lowest BCUT2D eigenvalue weighted by molar-refractivity contribution is -0.133. The molecule has 0 unspecified atom stereocenters. The summed E-state index contributed by atoms with van der Waals surface area (Å²) in [5.74, 6) is 0.667. The molecular weight excluding hydrogens is 384 g/mol. The summed E-state index contributed by atoms with van der Waals surface area (Å²) < 4.78 is 13.1. The molecule has 10 nitrogen and oxygen atoms in total. The van der Waals surface area contributed by atoms with Crippen molar-refractivity contribution < 1.29 is 19.1 Å². The number of H-pyrrole nitrogens is 1. The number of rotatable bonds is 8. The summed E-state index contributed by atoms with van der Waals surface area (Å²) in [6.07, 6.45) is 3.73. The van der Waals surface area contributed by atoms with E-state index >= 15 is 0 Å². The van der Waals surface area contributed by atoms with Crippen LogP contribution in [-0.2, 0) is 16.1 Å². The van der Waals surface area contributed by atoms with E-state index in [1.54, 1.807) is 12.3 Å². The predicted octanol–water partition coefficient (Wildman–Crippen LogP) is 1.44. The number of furan rings is 1. The van der Waals surface area contributed by atoms with Gasteiger partial charge in [-0.25, -0.2) is 0 Å². The minimum Gasteiger partial charge on any atom is -0.481 e. The molecule has 1 saturated heterocycles. The fourth-order valence-corrected chi connectivity index (χ4v) is 3.37. The fourth-order valence-electron chi connectivity index (χ4n) is 2.85. The van der Waals surface area contributed by atoms with Crippen molar-refractivity contribution in [2.24, 2.45) is 0 Å². The quantitative estimate of drug-likeness (QED) is 0.537. The van der Waals surface area contributed by atoms with Gasteiger partial charge in [-0.3, -0.25) is 19.5 Å². The molecule has 4 heterocycles. The third-order valence-electron chi connectivity index (χ3n) is 4.30. The molecular formula is C17H20N6O4S. The Labute approximate surface area is 164 Å². The average molecular weight is 404 g/mol. The number of aromatic nitrogens is 5. The van der Waals surface area contributed by atoms with Gasteiger partial charge in [0.1, 0.15) is 5.76 Å². The molecule has 11 heteroatoms. The number of aliphatic carboxylic acids is 1. The monoisotopic (exact) mass is 404 g/mol. The number of thioether (sulfide) groups is 1. The van der Waals surface area contributed by atoms with Gasteiger partial charge in [-0.15, -0.1) is 5.10 Å². The van der Waals surface area contributed by atoms with Crippen LogP contribution in [-0.4, -0.2) is 79.5 Å². The van der Waals surface area contributed by atoms with Crippen LogP contribution >= 0.6 is 11.8 Å². The number of carboxylic acid groups (broad SMARTS) is 1. The molecule has 0 radical (unpaired) electrons. The predicted molar refractivity (Wildman–Crippen MR) is 101 cm³/mol. The van der Waals surface area contributed by atoms with Gasteiger partial charge in [0.15, 0.2) is 11.6 Å². The molecule has 0 spiro atoms. The Morgan fingerprint density at radius 1 is 1.25 bits per heavy atom. The first-order valence-corrected chi connectivity index (χ1v) is 9.86. The second kappa shape index (κ2) is 8.59. The number of hydrogen-bond acceptors (Lipinski definition) is 8. The molecule has 3 aromatic rings. The van der Waals surface area contributed by atoms with Gasteiger partial charge < -0.3 is 14.3 Å². The van der Waals surface area contributed by atoms with E-state index in [0.717, 1.165) is 56.7 Å². The summed E-state index contributed by atoms with van der Waals surface area (Å²) in [7, 11) is 0. The number of morpholine rings is 1. The van der Waals surface area contributed by atoms with Gasteiger partial charge in [-0.2, -0.15) is 10.1 Å². The Balaban J connectivity index is 1.37. The van der Waals surface area contributed by atoms with Crippen LogP contribution in [0.5, 0.6) is 0 Å². The highest BCUT2D eigenvalue weighted by Gasteiger charge is 2.14. The second-order valence-electron chi connectivity index (χ2n) is 6.26. The van der Waals surface area contributed by atoms with Gasteiger partial charge in [0.05, 0.1) is 37.3 Å². The Hall–Kier alpha value is -2.63. The van der Waals surface area contributed by atoms with Crippen molar-refractivity contribution in [3.8, 4) is 22.9 Å². The van der Waals surface area contributed by atoms with Crippen LogP contribution in [0, 0.1) is 0 Å². The minimum atomic E-state index is -0.915. The molecule has 0 amide bonds. The van der Waals surface area contributed by atoms with Gasteiger partial charge in [-0.1, -0.05) is 11.8 Å². The lowest BCUT2D eigenvalue weighted by Crippen LogP contribution is -2.38. The molecule has 148 valence electrons. The number of carboxylic acids is 1. The molecule has 0 aliphatic carbocycles. The normalized spacial score (nSPS) is 15.1. The Morgan fingerprint density at radius 3 is 2.89 bits per heavy atom. The highest BCUT2D eigenvalue weighted by Crippen LogP contribution is 2.27. The van der Waals surface area contributed by atoms with E-state index < -0.39 is 5.97 Å². The van der Waals surface area contributed by atoms with Crippen LogP contribution in [0.3, 0.4) is 0 Å². The van der Waals surface area contributed by atoms with Crippen molar-refractivity contribution in [2.75, 3.05) is 38.6 Å². The maximum atomic E-state index is 10.6. The van der Waals surface area contributed by atoms with Crippen molar-refractivity contribution in [3.05, 3.63) is 24.5 Å². The van der Waals surface area contributed by atoms with Crippen LogP contribution in [0.1, 0.15) is 0 Å². The maximum absolute atomic E-state index is 10.6. The molecule has 4 rings (SSSR count). The molecule has 3 aromatic heterocycles. The summed E-state index contributed by atoms with van der Waals surface area (Å²) in [5, 5.41) is 20.3. The van der Waals surface area contributed by atoms with Gasteiger partial charge >= 0.3 is 5.97 Å². The lowest BCUT2D eigenvalue weighted by atomic mass is 10.3. The van der Waals surface area contributed by atoms with Gasteiger partial charge in [0.25, 0.3) is 0 Å². The van der Waals surface area contributed by atoms with E-state index in [4.69, 9.17) is 14.3 Å². The Morgan fingerprint density at radius 2 is 2.07 bits per heavy atom. The van der Waals surface area contributed by atoms with Crippen LogP contribution in [0.4, 0.5) is 0 Å². The number of aromatic amines is 1. The number of nitrogens with zero attached hydrogens (tertiary/aromatic N) is 5. The summed E-state index contributed by atoms with van der Waals surface area (Å²) in [4.78, 5) is 17.2. The first-order chi connectivity index (χ1) is 13.7. The van der Waals surface area contributed by atoms with Gasteiger partial charge in [-0.05, 0) is 12.1 Å². The standard InChI is InChI=1S/C17H20N6O4S/c24-15(25)11-28-17-19-16(20-21-17)14-2-1-13(27-14)12-9-18-23(10-12)4-3-22-5-7-26-8-6-22/h1-2,9-10H,3-8,11H2,(H,24,25)(H,19,20,21). The number of hydrogen-bond donors (Lipinski definition) is 2. The molecule has 1 aliphatic rings. The van der Waals surface area contributed by atoms with Crippen LogP contribution in [0.2, 0.25) is 0 Å². The zero-order valence-electron chi connectivity index (χ0n) is 15.1. The highest BCUT2D eigenvalue weighted by atomic mass is 32.2. The van der Waals surface area contributed by atoms with Crippen LogP contribution in [0.15, 0.2) is 34.1 Å². The molecule has 2 N–H and O–H groups in total. The first-order valence-electron chi connectivity index (χ1n) is 8.87. The van der Waals surface area contributed by atoms with Gasteiger partial charge in [0.2, 0.25) is 5.16 Å². The molecule has 0 aromatic carbocycles. The highest BCUT2D eigenvalue weighted by molar-refractivity contribution is 7.99. The zero-order chi connectivity index (χ0) is 19.3. The zero-order valence-corrected chi connectivity index (χ0v) is 15.9. The summed E-state index contributed by atoms with van der Waals surface area (Å²) >= 11 is 1.05. The van der Waals surface area contributed by atoms with Crippen molar-refractivity contribution >= 4 is 17.7 Å².